The molecule has 6 nitrogen and oxygen atoms in total. The highest BCUT2D eigenvalue weighted by Crippen LogP contribution is 2.40. The zero-order chi connectivity index (χ0) is 19.7. The SMILES string of the molecule is CN(C)Cc1cc(CNC(=O)N2CCCC3(CCS(=O)(=O)C3)C2)ccc1F. The molecule has 0 aromatic heterocycles. The van der Waals surface area contributed by atoms with Crippen LogP contribution >= 0.6 is 0 Å². The van der Waals surface area contributed by atoms with Crippen molar-refractivity contribution in [3.05, 3.63) is 35.1 Å². The zero-order valence-electron chi connectivity index (χ0n) is 16.0. The summed E-state index contributed by atoms with van der Waals surface area (Å²) in [5.41, 5.74) is 1.17. The second-order valence-corrected chi connectivity index (χ2v) is 10.4. The quantitative estimate of drug-likeness (QED) is 0.844. The number of urea groups is 1. The van der Waals surface area contributed by atoms with E-state index in [0.29, 0.717) is 38.2 Å². The van der Waals surface area contributed by atoms with Gasteiger partial charge in [0.05, 0.1) is 11.5 Å². The summed E-state index contributed by atoms with van der Waals surface area (Å²) in [6.07, 6.45) is 2.33. The molecule has 0 aliphatic carbocycles. The molecule has 0 radical (unpaired) electrons. The molecule has 1 aromatic rings. The molecule has 2 aliphatic heterocycles. The summed E-state index contributed by atoms with van der Waals surface area (Å²) >= 11 is 0. The van der Waals surface area contributed by atoms with Crippen LogP contribution in [0.5, 0.6) is 0 Å². The Morgan fingerprint density at radius 1 is 1.33 bits per heavy atom. The smallest absolute Gasteiger partial charge is 0.317 e. The van der Waals surface area contributed by atoms with E-state index in [0.717, 1.165) is 18.4 Å². The fourth-order valence-corrected chi connectivity index (χ4v) is 6.38. The Balaban J connectivity index is 1.59. The summed E-state index contributed by atoms with van der Waals surface area (Å²) in [6.45, 7) is 1.95. The summed E-state index contributed by atoms with van der Waals surface area (Å²) in [7, 11) is 0.781. The molecule has 0 saturated carbocycles. The van der Waals surface area contributed by atoms with Crippen LogP contribution in [0.2, 0.25) is 0 Å². The predicted molar refractivity (Wildman–Crippen MR) is 103 cm³/mol. The number of carbonyl (C=O) groups is 1. The number of benzene rings is 1. The number of hydrogen-bond acceptors (Lipinski definition) is 4. The van der Waals surface area contributed by atoms with Crippen molar-refractivity contribution in [2.45, 2.75) is 32.4 Å². The second-order valence-electron chi connectivity index (χ2n) is 8.19. The molecule has 1 spiro atoms. The van der Waals surface area contributed by atoms with Crippen molar-refractivity contribution >= 4 is 15.9 Å². The third-order valence-electron chi connectivity index (χ3n) is 5.46. The lowest BCUT2D eigenvalue weighted by atomic mass is 9.80. The number of halogens is 1. The molecule has 3 rings (SSSR count). The zero-order valence-corrected chi connectivity index (χ0v) is 16.8. The van der Waals surface area contributed by atoms with Crippen molar-refractivity contribution in [1.82, 2.24) is 15.1 Å². The van der Waals surface area contributed by atoms with E-state index in [1.807, 2.05) is 19.0 Å². The molecule has 2 heterocycles. The Labute approximate surface area is 160 Å². The van der Waals surface area contributed by atoms with Gasteiger partial charge in [0.2, 0.25) is 0 Å². The average molecular weight is 398 g/mol. The van der Waals surface area contributed by atoms with Gasteiger partial charge in [0.1, 0.15) is 5.82 Å². The summed E-state index contributed by atoms with van der Waals surface area (Å²) in [5, 5.41) is 2.90. The van der Waals surface area contributed by atoms with Gasteiger partial charge in [-0.25, -0.2) is 17.6 Å². The molecule has 2 fully saturated rings. The van der Waals surface area contributed by atoms with Crippen molar-refractivity contribution in [3.63, 3.8) is 0 Å². The highest BCUT2D eigenvalue weighted by molar-refractivity contribution is 7.91. The number of hydrogen-bond donors (Lipinski definition) is 1. The van der Waals surface area contributed by atoms with Gasteiger partial charge < -0.3 is 15.1 Å². The second kappa shape index (κ2) is 7.75. The van der Waals surface area contributed by atoms with Gasteiger partial charge in [0.25, 0.3) is 0 Å². The van der Waals surface area contributed by atoms with Crippen LogP contribution in [-0.4, -0.2) is 62.9 Å². The molecule has 150 valence electrons. The van der Waals surface area contributed by atoms with E-state index in [1.165, 1.54) is 6.07 Å². The van der Waals surface area contributed by atoms with Crippen molar-refractivity contribution in [3.8, 4) is 0 Å². The molecule has 1 aromatic carbocycles. The third kappa shape index (κ3) is 4.99. The fraction of sp³-hybridized carbons (Fsp3) is 0.632. The molecule has 27 heavy (non-hydrogen) atoms. The van der Waals surface area contributed by atoms with Crippen molar-refractivity contribution in [2.75, 3.05) is 38.7 Å². The average Bonchev–Trinajstić information content (AvgIpc) is 2.89. The van der Waals surface area contributed by atoms with Crippen LogP contribution in [-0.2, 0) is 22.9 Å². The Morgan fingerprint density at radius 2 is 2.11 bits per heavy atom. The Morgan fingerprint density at radius 3 is 2.78 bits per heavy atom. The van der Waals surface area contributed by atoms with E-state index in [9.17, 15) is 17.6 Å². The summed E-state index contributed by atoms with van der Waals surface area (Å²) in [5.74, 6) is 0.168. The van der Waals surface area contributed by atoms with Gasteiger partial charge >= 0.3 is 6.03 Å². The summed E-state index contributed by atoms with van der Waals surface area (Å²) < 4.78 is 37.6. The van der Waals surface area contributed by atoms with E-state index >= 15 is 0 Å². The Hall–Kier alpha value is -1.67. The maximum atomic E-state index is 13.9. The van der Waals surface area contributed by atoms with E-state index < -0.39 is 9.84 Å². The molecule has 8 heteroatoms. The molecule has 1 unspecified atom stereocenters. The molecular weight excluding hydrogens is 369 g/mol. The number of piperidine rings is 1. The number of likely N-dealkylation sites (tertiary alicyclic amines) is 1. The van der Waals surface area contributed by atoms with E-state index in [4.69, 9.17) is 0 Å². The van der Waals surface area contributed by atoms with Crippen LogP contribution in [0.1, 0.15) is 30.4 Å². The highest BCUT2D eigenvalue weighted by Gasteiger charge is 2.45. The van der Waals surface area contributed by atoms with Crippen molar-refractivity contribution in [2.24, 2.45) is 5.41 Å². The molecule has 2 saturated heterocycles. The van der Waals surface area contributed by atoms with E-state index in [2.05, 4.69) is 5.32 Å². The van der Waals surface area contributed by atoms with E-state index in [-0.39, 0.29) is 28.8 Å². The van der Waals surface area contributed by atoms with Crippen molar-refractivity contribution < 1.29 is 17.6 Å². The van der Waals surface area contributed by atoms with Crippen LogP contribution in [0, 0.1) is 11.2 Å². The van der Waals surface area contributed by atoms with Gasteiger partial charge in [-0.1, -0.05) is 6.07 Å². The Bertz CT molecular complexity index is 812. The predicted octanol–water partition coefficient (Wildman–Crippen LogP) is 2.00. The van der Waals surface area contributed by atoms with Gasteiger partial charge in [-0.05, 0) is 51.1 Å². The summed E-state index contributed by atoms with van der Waals surface area (Å²) in [6, 6.07) is 4.70. The first-order chi connectivity index (χ1) is 12.7. The number of nitrogens with zero attached hydrogens (tertiary/aromatic N) is 2. The largest absolute Gasteiger partial charge is 0.334 e. The van der Waals surface area contributed by atoms with Crippen molar-refractivity contribution in [1.29, 1.82) is 0 Å². The van der Waals surface area contributed by atoms with Gasteiger partial charge in [-0.3, -0.25) is 0 Å². The van der Waals surface area contributed by atoms with E-state index in [1.54, 1.807) is 17.0 Å². The number of amides is 2. The van der Waals surface area contributed by atoms with Gasteiger partial charge in [0.15, 0.2) is 9.84 Å². The number of nitrogens with one attached hydrogen (secondary N) is 1. The first kappa shape index (κ1) is 20.1. The molecule has 2 amide bonds. The lowest BCUT2D eigenvalue weighted by Gasteiger charge is -2.39. The molecule has 1 N–H and O–H groups in total. The maximum Gasteiger partial charge on any atom is 0.317 e. The summed E-state index contributed by atoms with van der Waals surface area (Å²) in [4.78, 5) is 16.2. The van der Waals surface area contributed by atoms with Crippen LogP contribution in [0.3, 0.4) is 0 Å². The lowest BCUT2D eigenvalue weighted by molar-refractivity contribution is 0.121. The number of sulfone groups is 1. The standard InChI is InChI=1S/C19H28FN3O3S/c1-22(2)12-16-10-15(4-5-17(16)20)11-21-18(24)23-8-3-6-19(13-23)7-9-27(25,26)14-19/h4-5,10H,3,6-9,11-14H2,1-2H3,(H,21,24). The van der Waals surface area contributed by atoms with Crippen LogP contribution < -0.4 is 5.32 Å². The maximum absolute atomic E-state index is 13.9. The molecular formula is C19H28FN3O3S. The monoisotopic (exact) mass is 397 g/mol. The van der Waals surface area contributed by atoms with Gasteiger partial charge in [-0.15, -0.1) is 0 Å². The molecule has 1 atom stereocenters. The van der Waals surface area contributed by atoms with Crippen LogP contribution in [0.4, 0.5) is 9.18 Å². The number of rotatable bonds is 4. The minimum absolute atomic E-state index is 0.183. The topological polar surface area (TPSA) is 69.7 Å². The lowest BCUT2D eigenvalue weighted by Crippen LogP contribution is -2.50. The molecule has 0 bridgehead atoms. The van der Waals surface area contributed by atoms with Crippen LogP contribution in [0.15, 0.2) is 18.2 Å². The highest BCUT2D eigenvalue weighted by atomic mass is 32.2. The van der Waals surface area contributed by atoms with Gasteiger partial charge in [-0.2, -0.15) is 0 Å². The molecule has 2 aliphatic rings. The number of carbonyl (C=O) groups excluding carboxylic acids is 1. The first-order valence-corrected chi connectivity index (χ1v) is 11.2. The minimum Gasteiger partial charge on any atom is -0.334 e. The Kier molecular flexibility index (Phi) is 5.76. The van der Waals surface area contributed by atoms with Crippen LogP contribution in [0.25, 0.3) is 0 Å². The fourth-order valence-electron chi connectivity index (χ4n) is 4.18. The minimum atomic E-state index is -2.98. The first-order valence-electron chi connectivity index (χ1n) is 9.33. The normalized spacial score (nSPS) is 24.5. The third-order valence-corrected chi connectivity index (χ3v) is 7.34. The van der Waals surface area contributed by atoms with Gasteiger partial charge in [0, 0.05) is 37.2 Å².